The Morgan fingerprint density at radius 3 is 2.75 bits per heavy atom. The van der Waals surface area contributed by atoms with Crippen molar-refractivity contribution in [1.29, 1.82) is 0 Å². The van der Waals surface area contributed by atoms with Gasteiger partial charge in [0, 0.05) is 17.8 Å². The number of nitrogens with zero attached hydrogens (tertiary/aromatic N) is 2. The van der Waals surface area contributed by atoms with E-state index in [1.165, 1.54) is 12.1 Å². The lowest BCUT2D eigenvalue weighted by Gasteiger charge is -2.02. The molecule has 3 N–H and O–H groups in total. The monoisotopic (exact) mass is 308 g/mol. The maximum absolute atomic E-state index is 11.7. The standard InChI is InChI=1S/C13H10Cl2N4O/c14-10-7-11(19-13(15)17-10)18-12(20)5-4-8-2-1-3-9(16)6-8/h1-7H,16H2,(H,17,18,19,20)/b5-4+. The summed E-state index contributed by atoms with van der Waals surface area (Å²) in [6.07, 6.45) is 2.99. The van der Waals surface area contributed by atoms with Crippen molar-refractivity contribution < 1.29 is 4.79 Å². The number of carbonyl (C=O) groups is 1. The first kappa shape index (κ1) is 14.3. The summed E-state index contributed by atoms with van der Waals surface area (Å²) in [5.41, 5.74) is 7.09. The van der Waals surface area contributed by atoms with Gasteiger partial charge in [-0.05, 0) is 35.4 Å². The average molecular weight is 309 g/mol. The quantitative estimate of drug-likeness (QED) is 0.395. The third-order valence-electron chi connectivity index (χ3n) is 2.26. The lowest BCUT2D eigenvalue weighted by atomic mass is 10.2. The predicted molar refractivity (Wildman–Crippen MR) is 80.6 cm³/mol. The van der Waals surface area contributed by atoms with Crippen LogP contribution in [0.4, 0.5) is 11.5 Å². The van der Waals surface area contributed by atoms with E-state index in [1.807, 2.05) is 6.07 Å². The molecular formula is C13H10Cl2N4O. The molecule has 0 bridgehead atoms. The molecule has 0 aliphatic heterocycles. The summed E-state index contributed by atoms with van der Waals surface area (Å²) in [5, 5.41) is 2.65. The Hall–Kier alpha value is -2.11. The fraction of sp³-hybridized carbons (Fsp3) is 0. The van der Waals surface area contributed by atoms with E-state index < -0.39 is 0 Å². The van der Waals surface area contributed by atoms with E-state index in [1.54, 1.807) is 24.3 Å². The van der Waals surface area contributed by atoms with E-state index in [-0.39, 0.29) is 22.2 Å². The van der Waals surface area contributed by atoms with E-state index in [9.17, 15) is 4.79 Å². The fourth-order valence-electron chi connectivity index (χ4n) is 1.46. The smallest absolute Gasteiger partial charge is 0.249 e. The number of nitrogen functional groups attached to an aromatic ring is 1. The van der Waals surface area contributed by atoms with Gasteiger partial charge in [-0.1, -0.05) is 23.7 Å². The summed E-state index contributed by atoms with van der Waals surface area (Å²) in [7, 11) is 0. The number of rotatable bonds is 3. The predicted octanol–water partition coefficient (Wildman–Crippen LogP) is 3.02. The second-order valence-corrected chi connectivity index (χ2v) is 4.56. The Kier molecular flexibility index (Phi) is 4.55. The minimum Gasteiger partial charge on any atom is -0.399 e. The average Bonchev–Trinajstić information content (AvgIpc) is 2.35. The molecule has 1 heterocycles. The zero-order valence-electron chi connectivity index (χ0n) is 10.2. The molecule has 1 amide bonds. The van der Waals surface area contributed by atoms with Gasteiger partial charge in [-0.15, -0.1) is 0 Å². The SMILES string of the molecule is Nc1cccc(/C=C/C(=O)Nc2cc(Cl)nc(Cl)n2)c1. The highest BCUT2D eigenvalue weighted by Crippen LogP contribution is 2.14. The number of halogens is 2. The van der Waals surface area contributed by atoms with Crippen molar-refractivity contribution in [1.82, 2.24) is 9.97 Å². The number of hydrogen-bond donors (Lipinski definition) is 2. The molecule has 0 unspecified atom stereocenters. The zero-order valence-corrected chi connectivity index (χ0v) is 11.7. The van der Waals surface area contributed by atoms with E-state index in [0.717, 1.165) is 5.56 Å². The fourth-order valence-corrected chi connectivity index (χ4v) is 1.87. The summed E-state index contributed by atoms with van der Waals surface area (Å²) < 4.78 is 0. The second kappa shape index (κ2) is 6.36. The second-order valence-electron chi connectivity index (χ2n) is 3.84. The number of nitrogens with two attached hydrogens (primary N) is 1. The first-order valence-electron chi connectivity index (χ1n) is 5.57. The van der Waals surface area contributed by atoms with Crippen LogP contribution in [0.15, 0.2) is 36.4 Å². The van der Waals surface area contributed by atoms with Crippen LogP contribution in [0.2, 0.25) is 10.4 Å². The van der Waals surface area contributed by atoms with Crippen LogP contribution >= 0.6 is 23.2 Å². The molecule has 0 aliphatic rings. The topological polar surface area (TPSA) is 80.9 Å². The molecule has 102 valence electrons. The lowest BCUT2D eigenvalue weighted by molar-refractivity contribution is -0.111. The van der Waals surface area contributed by atoms with Gasteiger partial charge >= 0.3 is 0 Å². The van der Waals surface area contributed by atoms with Gasteiger partial charge in [0.15, 0.2) is 0 Å². The summed E-state index contributed by atoms with van der Waals surface area (Å²) in [6.45, 7) is 0. The minimum atomic E-state index is -0.363. The number of benzene rings is 1. The molecule has 0 aliphatic carbocycles. The van der Waals surface area contributed by atoms with Gasteiger partial charge < -0.3 is 11.1 Å². The Morgan fingerprint density at radius 2 is 2.05 bits per heavy atom. The van der Waals surface area contributed by atoms with Crippen molar-refractivity contribution in [3.63, 3.8) is 0 Å². The Labute approximate surface area is 125 Å². The van der Waals surface area contributed by atoms with Crippen LogP contribution in [0.1, 0.15) is 5.56 Å². The highest BCUT2D eigenvalue weighted by atomic mass is 35.5. The highest BCUT2D eigenvalue weighted by Gasteiger charge is 2.03. The maximum atomic E-state index is 11.7. The van der Waals surface area contributed by atoms with E-state index in [2.05, 4.69) is 15.3 Å². The largest absolute Gasteiger partial charge is 0.399 e. The van der Waals surface area contributed by atoms with Crippen molar-refractivity contribution in [2.75, 3.05) is 11.1 Å². The van der Waals surface area contributed by atoms with Crippen LogP contribution in [0.5, 0.6) is 0 Å². The zero-order chi connectivity index (χ0) is 14.5. The van der Waals surface area contributed by atoms with Crippen LogP contribution in [-0.4, -0.2) is 15.9 Å². The summed E-state index contributed by atoms with van der Waals surface area (Å²) in [6, 6.07) is 8.56. The van der Waals surface area contributed by atoms with Gasteiger partial charge in [0.05, 0.1) is 0 Å². The van der Waals surface area contributed by atoms with E-state index in [0.29, 0.717) is 5.69 Å². The van der Waals surface area contributed by atoms with Gasteiger partial charge in [0.25, 0.3) is 0 Å². The molecule has 20 heavy (non-hydrogen) atoms. The summed E-state index contributed by atoms with van der Waals surface area (Å²) in [5.74, 6) is -0.129. The normalized spacial score (nSPS) is 10.7. The van der Waals surface area contributed by atoms with Crippen LogP contribution in [-0.2, 0) is 4.79 Å². The number of amides is 1. The minimum absolute atomic E-state index is 0.0346. The molecule has 1 aromatic carbocycles. The molecule has 0 spiro atoms. The number of anilines is 2. The number of hydrogen-bond acceptors (Lipinski definition) is 4. The molecule has 0 saturated heterocycles. The van der Waals surface area contributed by atoms with Crippen LogP contribution in [0, 0.1) is 0 Å². The number of carbonyl (C=O) groups excluding carboxylic acids is 1. The summed E-state index contributed by atoms with van der Waals surface area (Å²) >= 11 is 11.3. The Morgan fingerprint density at radius 1 is 1.25 bits per heavy atom. The molecule has 0 fully saturated rings. The maximum Gasteiger partial charge on any atom is 0.249 e. The van der Waals surface area contributed by atoms with Crippen molar-refractivity contribution in [2.45, 2.75) is 0 Å². The molecule has 5 nitrogen and oxygen atoms in total. The number of nitrogens with one attached hydrogen (secondary N) is 1. The molecule has 0 saturated carbocycles. The summed E-state index contributed by atoms with van der Waals surface area (Å²) in [4.78, 5) is 19.2. The van der Waals surface area contributed by atoms with Gasteiger partial charge in [0.2, 0.25) is 11.2 Å². The van der Waals surface area contributed by atoms with Crippen molar-refractivity contribution in [2.24, 2.45) is 0 Å². The number of aromatic nitrogens is 2. The Balaban J connectivity index is 2.05. The van der Waals surface area contributed by atoms with Crippen molar-refractivity contribution in [3.05, 3.63) is 52.4 Å². The van der Waals surface area contributed by atoms with E-state index >= 15 is 0 Å². The lowest BCUT2D eigenvalue weighted by Crippen LogP contribution is -2.09. The first-order chi connectivity index (χ1) is 9.52. The third-order valence-corrected chi connectivity index (χ3v) is 2.62. The van der Waals surface area contributed by atoms with Crippen LogP contribution in [0.25, 0.3) is 6.08 Å². The molecule has 2 aromatic rings. The van der Waals surface area contributed by atoms with Gasteiger partial charge in [0.1, 0.15) is 11.0 Å². The van der Waals surface area contributed by atoms with Gasteiger partial charge in [-0.2, -0.15) is 0 Å². The van der Waals surface area contributed by atoms with Gasteiger partial charge in [-0.25, -0.2) is 9.97 Å². The first-order valence-corrected chi connectivity index (χ1v) is 6.33. The van der Waals surface area contributed by atoms with Crippen molar-refractivity contribution in [3.8, 4) is 0 Å². The molecule has 0 radical (unpaired) electrons. The van der Waals surface area contributed by atoms with E-state index in [4.69, 9.17) is 28.9 Å². The highest BCUT2D eigenvalue weighted by molar-refractivity contribution is 6.32. The molecular weight excluding hydrogens is 299 g/mol. The molecule has 0 atom stereocenters. The van der Waals surface area contributed by atoms with Crippen LogP contribution < -0.4 is 11.1 Å². The molecule has 7 heteroatoms. The third kappa shape index (κ3) is 4.22. The Bertz CT molecular complexity index is 653. The van der Waals surface area contributed by atoms with Crippen LogP contribution in [0.3, 0.4) is 0 Å². The molecule has 2 rings (SSSR count). The van der Waals surface area contributed by atoms with Crippen molar-refractivity contribution >= 4 is 46.7 Å². The van der Waals surface area contributed by atoms with Gasteiger partial charge in [-0.3, -0.25) is 4.79 Å². The molecule has 1 aromatic heterocycles.